The van der Waals surface area contributed by atoms with Gasteiger partial charge in [0.2, 0.25) is 0 Å². The van der Waals surface area contributed by atoms with E-state index in [1.165, 1.54) is 6.42 Å². The molecule has 6 N–H and O–H groups in total. The summed E-state index contributed by atoms with van der Waals surface area (Å²) in [4.78, 5) is 4.22. The zero-order chi connectivity index (χ0) is 13.2. The lowest BCUT2D eigenvalue weighted by atomic mass is 9.77. The lowest BCUT2D eigenvalue weighted by molar-refractivity contribution is 0.149. The summed E-state index contributed by atoms with van der Waals surface area (Å²) in [5, 5.41) is 13.0. The summed E-state index contributed by atoms with van der Waals surface area (Å²) in [5.74, 6) is 1.63. The van der Waals surface area contributed by atoms with Gasteiger partial charge >= 0.3 is 0 Å². The highest BCUT2D eigenvalue weighted by Gasteiger charge is 2.34. The van der Waals surface area contributed by atoms with Crippen LogP contribution in [0.5, 0.6) is 0 Å². The molecule has 18 heavy (non-hydrogen) atoms. The van der Waals surface area contributed by atoms with Crippen molar-refractivity contribution in [1.82, 2.24) is 4.98 Å². The van der Waals surface area contributed by atoms with Crippen molar-refractivity contribution in [2.75, 3.05) is 23.4 Å². The monoisotopic (exact) mass is 250 g/mol. The largest absolute Gasteiger partial charge is 0.396 e. The Balaban J connectivity index is 2.16. The fraction of sp³-hybridized carbons (Fsp3) is 0.615. The van der Waals surface area contributed by atoms with E-state index in [9.17, 15) is 5.11 Å². The van der Waals surface area contributed by atoms with Gasteiger partial charge in [0.1, 0.15) is 11.6 Å². The SMILES string of the molecule is CC1CCCC(CO)(Nc2ccc(N)c(N)n2)C1. The smallest absolute Gasteiger partial charge is 0.149 e. The van der Waals surface area contributed by atoms with Gasteiger partial charge in [-0.2, -0.15) is 0 Å². The predicted molar refractivity (Wildman–Crippen MR) is 74.1 cm³/mol. The average Bonchev–Trinajstić information content (AvgIpc) is 2.34. The molecule has 2 unspecified atom stereocenters. The molecule has 1 heterocycles. The van der Waals surface area contributed by atoms with Crippen molar-refractivity contribution >= 4 is 17.3 Å². The average molecular weight is 250 g/mol. The molecule has 5 heteroatoms. The molecule has 1 aromatic heterocycles. The molecule has 1 aliphatic carbocycles. The number of pyridine rings is 1. The Kier molecular flexibility index (Phi) is 3.61. The van der Waals surface area contributed by atoms with E-state index in [2.05, 4.69) is 17.2 Å². The molecule has 5 nitrogen and oxygen atoms in total. The fourth-order valence-electron chi connectivity index (χ4n) is 2.78. The van der Waals surface area contributed by atoms with Gasteiger partial charge in [-0.15, -0.1) is 0 Å². The maximum Gasteiger partial charge on any atom is 0.149 e. The first-order chi connectivity index (χ1) is 8.54. The van der Waals surface area contributed by atoms with Crippen LogP contribution in [0, 0.1) is 5.92 Å². The number of anilines is 3. The molecular weight excluding hydrogens is 228 g/mol. The minimum atomic E-state index is -0.271. The van der Waals surface area contributed by atoms with Crippen LogP contribution in [-0.4, -0.2) is 22.2 Å². The Morgan fingerprint density at radius 3 is 2.89 bits per heavy atom. The van der Waals surface area contributed by atoms with Crippen molar-refractivity contribution in [1.29, 1.82) is 0 Å². The second kappa shape index (κ2) is 5.02. The number of nitrogen functional groups attached to an aromatic ring is 2. The van der Waals surface area contributed by atoms with E-state index in [4.69, 9.17) is 11.5 Å². The van der Waals surface area contributed by atoms with Crippen molar-refractivity contribution < 1.29 is 5.11 Å². The van der Waals surface area contributed by atoms with Gasteiger partial charge in [-0.3, -0.25) is 0 Å². The summed E-state index contributed by atoms with van der Waals surface area (Å²) in [6, 6.07) is 3.55. The molecule has 2 rings (SSSR count). The number of nitrogens with two attached hydrogens (primary N) is 2. The Labute approximate surface area is 108 Å². The van der Waals surface area contributed by atoms with Gasteiger partial charge < -0.3 is 21.9 Å². The van der Waals surface area contributed by atoms with E-state index in [1.807, 2.05) is 6.07 Å². The van der Waals surface area contributed by atoms with Gasteiger partial charge in [-0.25, -0.2) is 4.98 Å². The molecule has 0 aromatic carbocycles. The molecule has 0 saturated heterocycles. The van der Waals surface area contributed by atoms with Crippen molar-refractivity contribution in [3.63, 3.8) is 0 Å². The minimum Gasteiger partial charge on any atom is -0.396 e. The first-order valence-corrected chi connectivity index (χ1v) is 6.46. The lowest BCUT2D eigenvalue weighted by Crippen LogP contribution is -2.46. The number of aromatic nitrogens is 1. The maximum atomic E-state index is 9.70. The van der Waals surface area contributed by atoms with Crippen molar-refractivity contribution in [2.45, 2.75) is 38.1 Å². The van der Waals surface area contributed by atoms with Gasteiger partial charge in [0.25, 0.3) is 0 Å². The van der Waals surface area contributed by atoms with Gasteiger partial charge in [-0.1, -0.05) is 19.8 Å². The zero-order valence-electron chi connectivity index (χ0n) is 10.8. The van der Waals surface area contributed by atoms with Crippen molar-refractivity contribution in [3.8, 4) is 0 Å². The molecule has 0 amide bonds. The van der Waals surface area contributed by atoms with Gasteiger partial charge in [0, 0.05) is 0 Å². The standard InChI is InChI=1S/C13H22N4O/c1-9-3-2-6-13(7-9,8-18)17-11-5-4-10(14)12(15)16-11/h4-5,9,18H,2-3,6-8,14H2,1H3,(H3,15,16,17). The number of aliphatic hydroxyl groups is 1. The summed E-state index contributed by atoms with van der Waals surface area (Å²) in [5.41, 5.74) is 11.6. The highest BCUT2D eigenvalue weighted by Crippen LogP contribution is 2.34. The van der Waals surface area contributed by atoms with E-state index >= 15 is 0 Å². The topological polar surface area (TPSA) is 97.2 Å². The second-order valence-electron chi connectivity index (χ2n) is 5.44. The Morgan fingerprint density at radius 1 is 1.50 bits per heavy atom. The molecule has 2 atom stereocenters. The number of rotatable bonds is 3. The summed E-state index contributed by atoms with van der Waals surface area (Å²) < 4.78 is 0. The molecule has 1 saturated carbocycles. The normalized spacial score (nSPS) is 28.0. The molecule has 0 spiro atoms. The van der Waals surface area contributed by atoms with Crippen LogP contribution in [0.4, 0.5) is 17.3 Å². The molecule has 1 fully saturated rings. The van der Waals surface area contributed by atoms with Crippen LogP contribution in [0.1, 0.15) is 32.6 Å². The third-order valence-electron chi connectivity index (χ3n) is 3.74. The van der Waals surface area contributed by atoms with Gasteiger partial charge in [0.15, 0.2) is 0 Å². The number of aliphatic hydroxyl groups excluding tert-OH is 1. The molecule has 1 aromatic rings. The summed E-state index contributed by atoms with van der Waals surface area (Å²) in [6.45, 7) is 2.33. The van der Waals surface area contributed by atoms with Crippen LogP contribution >= 0.6 is 0 Å². The van der Waals surface area contributed by atoms with E-state index in [0.29, 0.717) is 23.2 Å². The van der Waals surface area contributed by atoms with Crippen LogP contribution in [0.15, 0.2) is 12.1 Å². The fourth-order valence-corrected chi connectivity index (χ4v) is 2.78. The zero-order valence-corrected chi connectivity index (χ0v) is 10.8. The van der Waals surface area contributed by atoms with E-state index < -0.39 is 0 Å². The number of hydrogen-bond acceptors (Lipinski definition) is 5. The van der Waals surface area contributed by atoms with Gasteiger partial charge in [0.05, 0.1) is 17.8 Å². The van der Waals surface area contributed by atoms with E-state index in [1.54, 1.807) is 6.07 Å². The van der Waals surface area contributed by atoms with Crippen LogP contribution in [0.2, 0.25) is 0 Å². The van der Waals surface area contributed by atoms with Crippen molar-refractivity contribution in [3.05, 3.63) is 12.1 Å². The first-order valence-electron chi connectivity index (χ1n) is 6.46. The molecule has 0 aliphatic heterocycles. The van der Waals surface area contributed by atoms with Crippen LogP contribution in [-0.2, 0) is 0 Å². The highest BCUT2D eigenvalue weighted by molar-refractivity contribution is 5.62. The predicted octanol–water partition coefficient (Wildman–Crippen LogP) is 1.60. The number of nitrogens with one attached hydrogen (secondary N) is 1. The maximum absolute atomic E-state index is 9.70. The van der Waals surface area contributed by atoms with Crippen LogP contribution in [0.3, 0.4) is 0 Å². The molecule has 0 radical (unpaired) electrons. The second-order valence-corrected chi connectivity index (χ2v) is 5.44. The quantitative estimate of drug-likeness (QED) is 0.653. The Bertz CT molecular complexity index is 423. The van der Waals surface area contributed by atoms with Gasteiger partial charge in [-0.05, 0) is 30.9 Å². The Hall–Kier alpha value is -1.49. The van der Waals surface area contributed by atoms with Crippen LogP contribution in [0.25, 0.3) is 0 Å². The summed E-state index contributed by atoms with van der Waals surface area (Å²) >= 11 is 0. The summed E-state index contributed by atoms with van der Waals surface area (Å²) in [7, 11) is 0. The molecule has 100 valence electrons. The summed E-state index contributed by atoms with van der Waals surface area (Å²) in [6.07, 6.45) is 4.26. The molecule has 1 aliphatic rings. The third-order valence-corrected chi connectivity index (χ3v) is 3.74. The minimum absolute atomic E-state index is 0.114. The first kappa shape index (κ1) is 13.0. The number of hydrogen-bond donors (Lipinski definition) is 4. The molecule has 0 bridgehead atoms. The molecular formula is C13H22N4O. The third kappa shape index (κ3) is 2.67. The van der Waals surface area contributed by atoms with E-state index in [-0.39, 0.29) is 12.1 Å². The van der Waals surface area contributed by atoms with Crippen LogP contribution < -0.4 is 16.8 Å². The highest BCUT2D eigenvalue weighted by atomic mass is 16.3. The number of nitrogens with zero attached hydrogens (tertiary/aromatic N) is 1. The van der Waals surface area contributed by atoms with Crippen molar-refractivity contribution in [2.24, 2.45) is 5.92 Å². The lowest BCUT2D eigenvalue weighted by Gasteiger charge is -2.39. The Morgan fingerprint density at radius 2 is 2.28 bits per heavy atom. The van der Waals surface area contributed by atoms with E-state index in [0.717, 1.165) is 19.3 Å².